The summed E-state index contributed by atoms with van der Waals surface area (Å²) in [5.74, 6) is 0.930. The first kappa shape index (κ1) is 23.3. The monoisotopic (exact) mass is 444 g/mol. The number of hydrogen-bond donors (Lipinski definition) is 1. The molecule has 2 aromatic heterocycles. The van der Waals surface area contributed by atoms with Crippen molar-refractivity contribution < 1.29 is 9.53 Å². The Bertz CT molecular complexity index is 947. The van der Waals surface area contributed by atoms with Gasteiger partial charge in [-0.25, -0.2) is 9.78 Å². The lowest BCUT2D eigenvalue weighted by molar-refractivity contribution is 0.0497. The predicted molar refractivity (Wildman–Crippen MR) is 126 cm³/mol. The number of aromatic nitrogens is 2. The number of piperidine rings is 1. The Morgan fingerprint density at radius 1 is 1.23 bits per heavy atom. The largest absolute Gasteiger partial charge is 0.444 e. The van der Waals surface area contributed by atoms with E-state index in [9.17, 15) is 4.79 Å². The van der Waals surface area contributed by atoms with Crippen molar-refractivity contribution in [1.82, 2.24) is 15.3 Å². The summed E-state index contributed by atoms with van der Waals surface area (Å²) in [4.78, 5) is 23.7. The third-order valence-electron chi connectivity index (χ3n) is 5.49. The quantitative estimate of drug-likeness (QED) is 0.677. The van der Waals surface area contributed by atoms with Gasteiger partial charge in [0.2, 0.25) is 0 Å². The molecular weight excluding hydrogens is 412 g/mol. The maximum absolute atomic E-state index is 12.1. The minimum atomic E-state index is -0.493. The standard InChI is InChI=1S/C24H33ClN4O2/c1-7-17-12-15(2)13-26-21(17)20-16(3)22(27-14-19(20)25)29-10-8-18(9-11-29)28-23(30)31-24(4,5)6/h12-14,18H,7-11H2,1-6H3,(H,28,30). The smallest absolute Gasteiger partial charge is 0.407 e. The van der Waals surface area contributed by atoms with Crippen LogP contribution in [0.25, 0.3) is 11.3 Å². The summed E-state index contributed by atoms with van der Waals surface area (Å²) in [5, 5.41) is 3.61. The number of carbonyl (C=O) groups is 1. The molecule has 0 radical (unpaired) electrons. The van der Waals surface area contributed by atoms with Crippen molar-refractivity contribution in [3.63, 3.8) is 0 Å². The number of hydrogen-bond acceptors (Lipinski definition) is 5. The van der Waals surface area contributed by atoms with Gasteiger partial charge < -0.3 is 15.0 Å². The number of nitrogens with one attached hydrogen (secondary N) is 1. The number of carbonyl (C=O) groups excluding carboxylic acids is 1. The summed E-state index contributed by atoms with van der Waals surface area (Å²) in [5.41, 5.74) is 4.76. The first-order valence-electron chi connectivity index (χ1n) is 10.9. The average Bonchev–Trinajstić information content (AvgIpc) is 2.68. The van der Waals surface area contributed by atoms with Crippen LogP contribution in [0.3, 0.4) is 0 Å². The second kappa shape index (κ2) is 9.43. The third-order valence-corrected chi connectivity index (χ3v) is 5.77. The van der Waals surface area contributed by atoms with E-state index in [2.05, 4.69) is 42.0 Å². The zero-order chi connectivity index (χ0) is 22.8. The van der Waals surface area contributed by atoms with Gasteiger partial charge >= 0.3 is 6.09 Å². The molecule has 1 aliphatic heterocycles. The highest BCUT2D eigenvalue weighted by Gasteiger charge is 2.26. The lowest BCUT2D eigenvalue weighted by Crippen LogP contribution is -2.46. The molecule has 168 valence electrons. The molecule has 1 aliphatic rings. The second-order valence-electron chi connectivity index (χ2n) is 9.21. The van der Waals surface area contributed by atoms with Gasteiger partial charge in [-0.1, -0.05) is 24.6 Å². The van der Waals surface area contributed by atoms with Gasteiger partial charge in [0.05, 0.1) is 10.7 Å². The van der Waals surface area contributed by atoms with Gasteiger partial charge in [0.15, 0.2) is 0 Å². The fourth-order valence-electron chi connectivity index (χ4n) is 4.01. The van der Waals surface area contributed by atoms with Crippen molar-refractivity contribution >= 4 is 23.5 Å². The Hall–Kier alpha value is -2.34. The van der Waals surface area contributed by atoms with Crippen LogP contribution in [0.15, 0.2) is 18.5 Å². The lowest BCUT2D eigenvalue weighted by Gasteiger charge is -2.34. The molecule has 0 saturated carbocycles. The summed E-state index contributed by atoms with van der Waals surface area (Å²) in [7, 11) is 0. The van der Waals surface area contributed by atoms with Gasteiger partial charge in [0, 0.05) is 42.7 Å². The summed E-state index contributed by atoms with van der Waals surface area (Å²) in [6.07, 6.45) is 5.82. The van der Waals surface area contributed by atoms with E-state index in [1.54, 1.807) is 6.20 Å². The Morgan fingerprint density at radius 2 is 1.90 bits per heavy atom. The zero-order valence-corrected chi connectivity index (χ0v) is 20.1. The van der Waals surface area contributed by atoms with E-state index < -0.39 is 5.60 Å². The molecule has 0 spiro atoms. The summed E-state index contributed by atoms with van der Waals surface area (Å²) in [6, 6.07) is 2.27. The van der Waals surface area contributed by atoms with E-state index in [1.807, 2.05) is 27.0 Å². The predicted octanol–water partition coefficient (Wildman–Crippen LogP) is 5.47. The Balaban J connectivity index is 1.77. The molecule has 1 N–H and O–H groups in total. The van der Waals surface area contributed by atoms with Crippen LogP contribution in [-0.4, -0.2) is 40.8 Å². The van der Waals surface area contributed by atoms with E-state index in [4.69, 9.17) is 21.3 Å². The van der Waals surface area contributed by atoms with E-state index in [-0.39, 0.29) is 12.1 Å². The molecule has 3 rings (SSSR count). The minimum absolute atomic E-state index is 0.101. The second-order valence-corrected chi connectivity index (χ2v) is 9.62. The number of nitrogens with zero attached hydrogens (tertiary/aromatic N) is 3. The van der Waals surface area contributed by atoms with Gasteiger partial charge in [0.25, 0.3) is 0 Å². The molecule has 7 heteroatoms. The SMILES string of the molecule is CCc1cc(C)cnc1-c1c(Cl)cnc(N2CCC(NC(=O)OC(C)(C)C)CC2)c1C. The van der Waals surface area contributed by atoms with Crippen molar-refractivity contribution in [3.05, 3.63) is 40.2 Å². The molecule has 2 aromatic rings. The topological polar surface area (TPSA) is 67.4 Å². The molecule has 31 heavy (non-hydrogen) atoms. The molecule has 0 bridgehead atoms. The fourth-order valence-corrected chi connectivity index (χ4v) is 4.29. The number of aryl methyl sites for hydroxylation is 2. The number of rotatable bonds is 4. The average molecular weight is 445 g/mol. The number of alkyl carbamates (subject to hydrolysis) is 1. The van der Waals surface area contributed by atoms with Crippen molar-refractivity contribution in [3.8, 4) is 11.3 Å². The number of anilines is 1. The lowest BCUT2D eigenvalue weighted by atomic mass is 9.98. The zero-order valence-electron chi connectivity index (χ0n) is 19.4. The van der Waals surface area contributed by atoms with E-state index in [0.717, 1.165) is 60.6 Å². The van der Waals surface area contributed by atoms with Gasteiger partial charge in [-0.15, -0.1) is 0 Å². The van der Waals surface area contributed by atoms with Crippen LogP contribution in [-0.2, 0) is 11.2 Å². The van der Waals surface area contributed by atoms with Gasteiger partial charge in [-0.2, -0.15) is 0 Å². The number of ether oxygens (including phenoxy) is 1. The molecule has 1 amide bonds. The van der Waals surface area contributed by atoms with Crippen molar-refractivity contribution in [2.24, 2.45) is 0 Å². The van der Waals surface area contributed by atoms with Crippen LogP contribution in [0, 0.1) is 13.8 Å². The Kier molecular flexibility index (Phi) is 7.10. The summed E-state index contributed by atoms with van der Waals surface area (Å²) >= 11 is 6.59. The van der Waals surface area contributed by atoms with Gasteiger partial charge in [-0.3, -0.25) is 4.98 Å². The first-order chi connectivity index (χ1) is 14.6. The minimum Gasteiger partial charge on any atom is -0.444 e. The van der Waals surface area contributed by atoms with E-state index >= 15 is 0 Å². The maximum atomic E-state index is 12.1. The molecule has 1 fully saturated rings. The molecule has 0 aromatic carbocycles. The van der Waals surface area contributed by atoms with Gasteiger partial charge in [-0.05, 0) is 65.0 Å². The first-order valence-corrected chi connectivity index (χ1v) is 11.3. The van der Waals surface area contributed by atoms with Crippen molar-refractivity contribution in [2.45, 2.75) is 72.4 Å². The summed E-state index contributed by atoms with van der Waals surface area (Å²) < 4.78 is 5.38. The summed E-state index contributed by atoms with van der Waals surface area (Å²) in [6.45, 7) is 13.5. The highest BCUT2D eigenvalue weighted by Crippen LogP contribution is 2.36. The Morgan fingerprint density at radius 3 is 2.52 bits per heavy atom. The van der Waals surface area contributed by atoms with Crippen molar-refractivity contribution in [2.75, 3.05) is 18.0 Å². The maximum Gasteiger partial charge on any atom is 0.407 e. The van der Waals surface area contributed by atoms with Crippen LogP contribution in [0.4, 0.5) is 10.6 Å². The number of pyridine rings is 2. The van der Waals surface area contributed by atoms with Crippen molar-refractivity contribution in [1.29, 1.82) is 0 Å². The van der Waals surface area contributed by atoms with E-state index in [1.165, 1.54) is 5.56 Å². The van der Waals surface area contributed by atoms with E-state index in [0.29, 0.717) is 5.02 Å². The fraction of sp³-hybridized carbons (Fsp3) is 0.542. The molecule has 6 nitrogen and oxygen atoms in total. The molecule has 0 unspecified atom stereocenters. The highest BCUT2D eigenvalue weighted by atomic mass is 35.5. The number of halogens is 1. The molecule has 0 atom stereocenters. The van der Waals surface area contributed by atoms with Crippen LogP contribution in [0.5, 0.6) is 0 Å². The normalized spacial score (nSPS) is 15.1. The molecule has 1 saturated heterocycles. The molecular formula is C24H33ClN4O2. The molecule has 3 heterocycles. The highest BCUT2D eigenvalue weighted by molar-refractivity contribution is 6.33. The Labute approximate surface area is 190 Å². The third kappa shape index (κ3) is 5.67. The van der Waals surface area contributed by atoms with Gasteiger partial charge in [0.1, 0.15) is 11.4 Å². The van der Waals surface area contributed by atoms with Crippen LogP contribution in [0.1, 0.15) is 57.2 Å². The van der Waals surface area contributed by atoms with Crippen LogP contribution in [0.2, 0.25) is 5.02 Å². The van der Waals surface area contributed by atoms with Crippen LogP contribution < -0.4 is 10.2 Å². The van der Waals surface area contributed by atoms with Crippen LogP contribution >= 0.6 is 11.6 Å². The number of amides is 1. The molecule has 0 aliphatic carbocycles.